The fourth-order valence-corrected chi connectivity index (χ4v) is 2.42. The Morgan fingerprint density at radius 2 is 1.89 bits per heavy atom. The van der Waals surface area contributed by atoms with Gasteiger partial charge in [0.05, 0.1) is 13.3 Å². The lowest BCUT2D eigenvalue weighted by molar-refractivity contribution is -0.138. The van der Waals surface area contributed by atoms with Crippen molar-refractivity contribution in [3.8, 4) is 11.5 Å². The quantitative estimate of drug-likeness (QED) is 0.642. The summed E-state index contributed by atoms with van der Waals surface area (Å²) in [4.78, 5) is 20.1. The lowest BCUT2D eigenvalue weighted by atomic mass is 10.2. The molecule has 0 spiro atoms. The van der Waals surface area contributed by atoms with Crippen molar-refractivity contribution in [2.75, 3.05) is 13.3 Å². The first-order valence-corrected chi connectivity index (χ1v) is 7.24. The Balaban J connectivity index is 2.58. The van der Waals surface area contributed by atoms with Gasteiger partial charge in [0.2, 0.25) is 0 Å². The third-order valence-corrected chi connectivity index (χ3v) is 3.67. The van der Waals surface area contributed by atoms with Crippen LogP contribution < -0.4 is 15.0 Å². The Morgan fingerprint density at radius 3 is 2.37 bits per heavy atom. The molecule has 0 radical (unpaired) electrons. The Kier molecular flexibility index (Phi) is 5.35. The van der Waals surface area contributed by atoms with Gasteiger partial charge in [-0.2, -0.15) is 0 Å². The van der Waals surface area contributed by atoms with E-state index in [0.717, 1.165) is 0 Å². The maximum Gasteiger partial charge on any atom is 0.376 e. The van der Waals surface area contributed by atoms with E-state index in [1.807, 2.05) is 0 Å². The zero-order valence-corrected chi connectivity index (χ0v) is 11.2. The Labute approximate surface area is 110 Å². The largest absolute Gasteiger partial charge is 0.497 e. The van der Waals surface area contributed by atoms with E-state index in [4.69, 9.17) is 20.1 Å². The molecule has 0 aliphatic heterocycles. The third kappa shape index (κ3) is 5.30. The van der Waals surface area contributed by atoms with Crippen LogP contribution in [0.1, 0.15) is 6.42 Å². The van der Waals surface area contributed by atoms with Crippen molar-refractivity contribution in [3.63, 3.8) is 0 Å². The normalized spacial score (nSPS) is 15.3. The molecule has 1 aromatic rings. The highest BCUT2D eigenvalue weighted by atomic mass is 31.2. The summed E-state index contributed by atoms with van der Waals surface area (Å²) in [5.41, 5.74) is 5.25. The van der Waals surface area contributed by atoms with Gasteiger partial charge >= 0.3 is 13.6 Å². The van der Waals surface area contributed by atoms with Crippen LogP contribution in [0.3, 0.4) is 0 Å². The molecule has 19 heavy (non-hydrogen) atoms. The van der Waals surface area contributed by atoms with Crippen molar-refractivity contribution < 1.29 is 28.6 Å². The number of ether oxygens (including phenoxy) is 1. The number of hydrogen-bond donors (Lipinski definition) is 3. The molecule has 0 amide bonds. The van der Waals surface area contributed by atoms with Crippen molar-refractivity contribution >= 4 is 13.6 Å². The highest BCUT2D eigenvalue weighted by Crippen LogP contribution is 2.43. The van der Waals surface area contributed by atoms with Crippen LogP contribution in [0.4, 0.5) is 0 Å². The van der Waals surface area contributed by atoms with E-state index >= 15 is 0 Å². The van der Waals surface area contributed by atoms with E-state index in [9.17, 15) is 14.3 Å². The minimum atomic E-state index is -3.92. The predicted octanol–water partition coefficient (Wildman–Crippen LogP) is 1.06. The van der Waals surface area contributed by atoms with Crippen LogP contribution in [0, 0.1) is 0 Å². The molecule has 8 heteroatoms. The van der Waals surface area contributed by atoms with E-state index in [1.54, 1.807) is 12.1 Å². The summed E-state index contributed by atoms with van der Waals surface area (Å²) >= 11 is 0. The summed E-state index contributed by atoms with van der Waals surface area (Å²) in [5, 5.41) is 8.58. The molecule has 1 rings (SSSR count). The second-order valence-electron chi connectivity index (χ2n) is 3.86. The van der Waals surface area contributed by atoms with Crippen LogP contribution in [0.2, 0.25) is 0 Å². The predicted molar refractivity (Wildman–Crippen MR) is 68.5 cm³/mol. The number of hydrogen-bond acceptors (Lipinski definition) is 5. The molecule has 106 valence electrons. The first kappa shape index (κ1) is 15.5. The molecule has 0 bridgehead atoms. The van der Waals surface area contributed by atoms with E-state index in [1.165, 1.54) is 19.2 Å². The summed E-state index contributed by atoms with van der Waals surface area (Å²) in [6.45, 7) is 0. The number of rotatable bonds is 7. The van der Waals surface area contributed by atoms with Crippen molar-refractivity contribution in [1.29, 1.82) is 0 Å². The molecule has 0 fully saturated rings. The maximum atomic E-state index is 11.7. The summed E-state index contributed by atoms with van der Waals surface area (Å²) in [6, 6.07) is 4.95. The van der Waals surface area contributed by atoms with Gasteiger partial charge in [0.25, 0.3) is 0 Å². The first-order valence-electron chi connectivity index (χ1n) is 5.48. The second-order valence-corrected chi connectivity index (χ2v) is 5.77. The molecular weight excluding hydrogens is 273 g/mol. The van der Waals surface area contributed by atoms with Crippen LogP contribution in [-0.4, -0.2) is 35.3 Å². The Hall–Kier alpha value is -1.56. The summed E-state index contributed by atoms with van der Waals surface area (Å²) in [6.07, 6.45) is -0.467. The van der Waals surface area contributed by atoms with Gasteiger partial charge in [0.1, 0.15) is 17.5 Å². The van der Waals surface area contributed by atoms with Gasteiger partial charge in [-0.15, -0.1) is 0 Å². The second kappa shape index (κ2) is 6.56. The van der Waals surface area contributed by atoms with E-state index in [-0.39, 0.29) is 18.3 Å². The molecule has 0 heterocycles. The SMILES string of the molecule is COc1ccc(OP(=O)(O)CCC(N)C(=O)O)cc1. The van der Waals surface area contributed by atoms with Crippen LogP contribution in [0.25, 0.3) is 0 Å². The smallest absolute Gasteiger partial charge is 0.376 e. The molecule has 7 nitrogen and oxygen atoms in total. The van der Waals surface area contributed by atoms with Crippen molar-refractivity contribution in [2.45, 2.75) is 12.5 Å². The summed E-state index contributed by atoms with van der Waals surface area (Å²) < 4.78 is 21.6. The number of aliphatic carboxylic acids is 1. The fraction of sp³-hybridized carbons (Fsp3) is 0.364. The minimum absolute atomic E-state index is 0.140. The lowest BCUT2D eigenvalue weighted by Crippen LogP contribution is -2.31. The van der Waals surface area contributed by atoms with Gasteiger partial charge in [-0.05, 0) is 30.7 Å². The summed E-state index contributed by atoms with van der Waals surface area (Å²) in [5.74, 6) is -0.423. The van der Waals surface area contributed by atoms with Gasteiger partial charge in [-0.1, -0.05) is 0 Å². The van der Waals surface area contributed by atoms with Gasteiger partial charge in [0.15, 0.2) is 0 Å². The standard InChI is InChI=1S/C11H16NO6P/c1-17-8-2-4-9(5-3-8)18-19(15,16)7-6-10(12)11(13)14/h2-5,10H,6-7,12H2,1H3,(H,13,14)(H,15,16). The van der Waals surface area contributed by atoms with Crippen LogP contribution in [0.5, 0.6) is 11.5 Å². The van der Waals surface area contributed by atoms with Gasteiger partial charge in [0, 0.05) is 0 Å². The van der Waals surface area contributed by atoms with Crippen molar-refractivity contribution in [1.82, 2.24) is 0 Å². The van der Waals surface area contributed by atoms with Gasteiger partial charge in [-0.25, -0.2) is 4.57 Å². The van der Waals surface area contributed by atoms with Crippen molar-refractivity contribution in [2.24, 2.45) is 5.73 Å². The topological polar surface area (TPSA) is 119 Å². The highest BCUT2D eigenvalue weighted by Gasteiger charge is 2.24. The number of carboxylic acids is 1. The van der Waals surface area contributed by atoms with Gasteiger partial charge in [-0.3, -0.25) is 4.79 Å². The maximum absolute atomic E-state index is 11.7. The average molecular weight is 289 g/mol. The fourth-order valence-electron chi connectivity index (χ4n) is 1.27. The molecule has 2 atom stereocenters. The number of carbonyl (C=O) groups is 1. The number of benzene rings is 1. The third-order valence-electron chi connectivity index (χ3n) is 2.35. The lowest BCUT2D eigenvalue weighted by Gasteiger charge is -2.14. The highest BCUT2D eigenvalue weighted by molar-refractivity contribution is 7.53. The average Bonchev–Trinajstić information content (AvgIpc) is 2.36. The van der Waals surface area contributed by atoms with Crippen molar-refractivity contribution in [3.05, 3.63) is 24.3 Å². The molecule has 0 aliphatic carbocycles. The zero-order chi connectivity index (χ0) is 14.5. The number of methoxy groups -OCH3 is 1. The molecule has 1 aromatic carbocycles. The van der Waals surface area contributed by atoms with Crippen LogP contribution >= 0.6 is 7.60 Å². The molecule has 4 N–H and O–H groups in total. The molecule has 0 aromatic heterocycles. The summed E-state index contributed by atoms with van der Waals surface area (Å²) in [7, 11) is -2.42. The first-order chi connectivity index (χ1) is 8.84. The molecule has 0 saturated heterocycles. The Morgan fingerprint density at radius 1 is 1.37 bits per heavy atom. The minimum Gasteiger partial charge on any atom is -0.497 e. The molecular formula is C11H16NO6P. The molecule has 0 saturated carbocycles. The van der Waals surface area contributed by atoms with Crippen LogP contribution in [-0.2, 0) is 9.36 Å². The van der Waals surface area contributed by atoms with E-state index in [2.05, 4.69) is 0 Å². The van der Waals surface area contributed by atoms with E-state index in [0.29, 0.717) is 5.75 Å². The number of nitrogens with two attached hydrogens (primary N) is 1. The van der Waals surface area contributed by atoms with Crippen LogP contribution in [0.15, 0.2) is 24.3 Å². The Bertz CT molecular complexity index is 475. The molecule has 0 aliphatic rings. The monoisotopic (exact) mass is 289 g/mol. The number of carboxylic acid groups (broad SMARTS) is 1. The zero-order valence-electron chi connectivity index (χ0n) is 10.4. The van der Waals surface area contributed by atoms with Gasteiger partial charge < -0.3 is 25.0 Å². The van der Waals surface area contributed by atoms with E-state index < -0.39 is 19.6 Å². The molecule has 2 unspecified atom stereocenters.